The number of halogens is 2. The first-order valence-corrected chi connectivity index (χ1v) is 10.3. The predicted octanol–water partition coefficient (Wildman–Crippen LogP) is 4.19. The Kier molecular flexibility index (Phi) is 7.50. The molecule has 0 atom stereocenters. The number of alkyl halides is 1. The predicted molar refractivity (Wildman–Crippen MR) is 126 cm³/mol. The summed E-state index contributed by atoms with van der Waals surface area (Å²) < 4.78 is 13.3. The topological polar surface area (TPSA) is 104 Å². The molecule has 0 bridgehead atoms. The molecule has 1 aromatic heterocycles. The number of rotatable bonds is 8. The van der Waals surface area contributed by atoms with Gasteiger partial charge in [-0.3, -0.25) is 4.79 Å². The second-order valence-corrected chi connectivity index (χ2v) is 7.92. The number of nitrogens with one attached hydrogen (secondary N) is 2. The number of nitrogens with two attached hydrogens (primary N) is 1. The Hall–Kier alpha value is -3.36. The normalized spacial score (nSPS) is 10.9. The Morgan fingerprint density at radius 1 is 1.19 bits per heavy atom. The number of aromatic hydroxyl groups is 1. The summed E-state index contributed by atoms with van der Waals surface area (Å²) in [6.07, 6.45) is 0. The summed E-state index contributed by atoms with van der Waals surface area (Å²) in [6, 6.07) is 12.9. The van der Waals surface area contributed by atoms with Gasteiger partial charge in [-0.25, -0.2) is 9.37 Å². The second kappa shape index (κ2) is 10.3. The van der Waals surface area contributed by atoms with Crippen molar-refractivity contribution in [3.63, 3.8) is 0 Å². The first-order chi connectivity index (χ1) is 15.3. The number of aromatic nitrogens is 1. The maximum Gasteiger partial charge on any atom is 0.255 e. The van der Waals surface area contributed by atoms with E-state index in [1.807, 2.05) is 19.0 Å². The molecule has 0 saturated carbocycles. The standard InChI is InChI=1S/C23H25ClFN5O2/c1-30(2)10-9-27-23(32)17-5-7-20(29-22(17)26)18-12-16(4-8-21(18)31)28-19-6-3-15(24)11-14(19)13-25/h3-8,11-12,28,31H,9-10,13H2,1-2H3,(H2,26,29)(H,27,32). The lowest BCUT2D eigenvalue weighted by atomic mass is 10.1. The highest BCUT2D eigenvalue weighted by Gasteiger charge is 2.14. The lowest BCUT2D eigenvalue weighted by Gasteiger charge is -2.14. The monoisotopic (exact) mass is 457 g/mol. The Balaban J connectivity index is 1.84. The minimum atomic E-state index is -0.677. The SMILES string of the molecule is CN(C)CCNC(=O)c1ccc(-c2cc(Nc3ccc(Cl)cc3CF)ccc2O)nc1N. The van der Waals surface area contributed by atoms with Crippen LogP contribution in [0.15, 0.2) is 48.5 Å². The number of hydrogen-bond acceptors (Lipinski definition) is 6. The average Bonchev–Trinajstić information content (AvgIpc) is 2.75. The minimum Gasteiger partial charge on any atom is -0.507 e. The average molecular weight is 458 g/mol. The van der Waals surface area contributed by atoms with E-state index in [4.69, 9.17) is 17.3 Å². The molecule has 0 spiro atoms. The fourth-order valence-corrected chi connectivity index (χ4v) is 3.27. The van der Waals surface area contributed by atoms with E-state index >= 15 is 0 Å². The van der Waals surface area contributed by atoms with Gasteiger partial charge in [-0.1, -0.05) is 11.6 Å². The lowest BCUT2D eigenvalue weighted by molar-refractivity contribution is 0.0951. The van der Waals surface area contributed by atoms with Crippen molar-refractivity contribution in [1.82, 2.24) is 15.2 Å². The molecule has 3 aromatic rings. The van der Waals surface area contributed by atoms with Crippen LogP contribution < -0.4 is 16.4 Å². The Morgan fingerprint density at radius 3 is 2.66 bits per heavy atom. The number of carbonyl (C=O) groups excluding carboxylic acids is 1. The van der Waals surface area contributed by atoms with Gasteiger partial charge >= 0.3 is 0 Å². The molecule has 0 radical (unpaired) electrons. The number of pyridine rings is 1. The number of likely N-dealkylation sites (N-methyl/N-ethyl adjacent to an activating group) is 1. The van der Waals surface area contributed by atoms with Crippen LogP contribution in [0.5, 0.6) is 5.75 Å². The molecule has 3 rings (SSSR count). The van der Waals surface area contributed by atoms with E-state index in [9.17, 15) is 14.3 Å². The molecule has 32 heavy (non-hydrogen) atoms. The van der Waals surface area contributed by atoms with E-state index in [1.54, 1.807) is 42.5 Å². The number of benzene rings is 2. The van der Waals surface area contributed by atoms with Gasteiger partial charge < -0.3 is 26.4 Å². The Labute approximate surface area is 191 Å². The third-order valence-corrected chi connectivity index (χ3v) is 5.01. The highest BCUT2D eigenvalue weighted by atomic mass is 35.5. The van der Waals surface area contributed by atoms with Gasteiger partial charge in [0, 0.05) is 40.6 Å². The first-order valence-electron chi connectivity index (χ1n) is 9.92. The molecule has 0 fully saturated rings. The van der Waals surface area contributed by atoms with Crippen molar-refractivity contribution in [2.75, 3.05) is 38.2 Å². The maximum absolute atomic E-state index is 13.3. The molecule has 1 heterocycles. The largest absolute Gasteiger partial charge is 0.507 e. The van der Waals surface area contributed by atoms with Crippen molar-refractivity contribution >= 4 is 34.7 Å². The number of phenols is 1. The molecule has 1 amide bonds. The van der Waals surface area contributed by atoms with Gasteiger partial charge in [0.25, 0.3) is 5.91 Å². The molecule has 9 heteroatoms. The van der Waals surface area contributed by atoms with Gasteiger partial charge in [-0.2, -0.15) is 0 Å². The number of nitrogen functional groups attached to an aromatic ring is 1. The molecular weight excluding hydrogens is 433 g/mol. The van der Waals surface area contributed by atoms with Crippen molar-refractivity contribution in [3.8, 4) is 17.0 Å². The zero-order valence-electron chi connectivity index (χ0n) is 17.8. The van der Waals surface area contributed by atoms with Crippen LogP contribution in [0.2, 0.25) is 5.02 Å². The van der Waals surface area contributed by atoms with Crippen LogP contribution in [-0.4, -0.2) is 48.1 Å². The molecule has 0 saturated heterocycles. The number of hydrogen-bond donors (Lipinski definition) is 4. The molecule has 5 N–H and O–H groups in total. The first kappa shape index (κ1) is 23.3. The van der Waals surface area contributed by atoms with Gasteiger partial charge in [0.2, 0.25) is 0 Å². The van der Waals surface area contributed by atoms with Crippen LogP contribution in [0.4, 0.5) is 21.6 Å². The van der Waals surface area contributed by atoms with Crippen molar-refractivity contribution in [1.29, 1.82) is 0 Å². The highest BCUT2D eigenvalue weighted by molar-refractivity contribution is 6.30. The number of amides is 1. The maximum atomic E-state index is 13.3. The minimum absolute atomic E-state index is 0.00699. The van der Waals surface area contributed by atoms with E-state index in [1.165, 1.54) is 6.07 Å². The highest BCUT2D eigenvalue weighted by Crippen LogP contribution is 2.33. The van der Waals surface area contributed by atoms with Gasteiger partial charge in [0.05, 0.1) is 11.3 Å². The molecule has 0 aliphatic carbocycles. The van der Waals surface area contributed by atoms with Crippen molar-refractivity contribution in [3.05, 3.63) is 64.7 Å². The molecular formula is C23H25ClFN5O2. The van der Waals surface area contributed by atoms with E-state index in [-0.39, 0.29) is 23.0 Å². The zero-order chi connectivity index (χ0) is 23.3. The number of nitrogens with zero attached hydrogens (tertiary/aromatic N) is 2. The molecule has 0 aliphatic heterocycles. The number of carbonyl (C=O) groups is 1. The smallest absolute Gasteiger partial charge is 0.255 e. The van der Waals surface area contributed by atoms with Gasteiger partial charge in [0.1, 0.15) is 18.2 Å². The van der Waals surface area contributed by atoms with Gasteiger partial charge in [0.15, 0.2) is 0 Å². The van der Waals surface area contributed by atoms with Crippen molar-refractivity contribution in [2.45, 2.75) is 6.67 Å². The number of phenolic OH excluding ortho intramolecular Hbond substituents is 1. The van der Waals surface area contributed by atoms with E-state index < -0.39 is 6.67 Å². The Bertz CT molecular complexity index is 1120. The van der Waals surface area contributed by atoms with Crippen LogP contribution in [0.25, 0.3) is 11.3 Å². The van der Waals surface area contributed by atoms with Crippen LogP contribution in [0, 0.1) is 0 Å². The van der Waals surface area contributed by atoms with Crippen LogP contribution in [-0.2, 0) is 6.67 Å². The van der Waals surface area contributed by atoms with Crippen LogP contribution in [0.1, 0.15) is 15.9 Å². The molecule has 168 valence electrons. The summed E-state index contributed by atoms with van der Waals surface area (Å²) in [4.78, 5) is 18.6. The van der Waals surface area contributed by atoms with E-state index in [2.05, 4.69) is 15.6 Å². The molecule has 0 aliphatic rings. The molecule has 7 nitrogen and oxygen atoms in total. The second-order valence-electron chi connectivity index (χ2n) is 7.48. The quantitative estimate of drug-likeness (QED) is 0.378. The number of anilines is 3. The third-order valence-electron chi connectivity index (χ3n) is 4.78. The molecule has 0 unspecified atom stereocenters. The van der Waals surface area contributed by atoms with E-state index in [0.29, 0.717) is 46.3 Å². The van der Waals surface area contributed by atoms with Crippen molar-refractivity contribution in [2.24, 2.45) is 0 Å². The van der Waals surface area contributed by atoms with Crippen LogP contribution >= 0.6 is 11.6 Å². The Morgan fingerprint density at radius 2 is 1.97 bits per heavy atom. The van der Waals surface area contributed by atoms with Gasteiger partial charge in [-0.05, 0) is 62.6 Å². The zero-order valence-corrected chi connectivity index (χ0v) is 18.6. The lowest BCUT2D eigenvalue weighted by Crippen LogP contribution is -2.31. The summed E-state index contributed by atoms with van der Waals surface area (Å²) in [6.45, 7) is 0.500. The summed E-state index contributed by atoms with van der Waals surface area (Å²) in [7, 11) is 3.83. The fraction of sp³-hybridized carbons (Fsp3) is 0.217. The summed E-state index contributed by atoms with van der Waals surface area (Å²) >= 11 is 5.94. The third kappa shape index (κ3) is 5.66. The molecule has 2 aromatic carbocycles. The van der Waals surface area contributed by atoms with E-state index in [0.717, 1.165) is 0 Å². The summed E-state index contributed by atoms with van der Waals surface area (Å²) in [5, 5.41) is 16.7. The van der Waals surface area contributed by atoms with Gasteiger partial charge in [-0.15, -0.1) is 0 Å². The summed E-state index contributed by atoms with van der Waals surface area (Å²) in [5.74, 6) is -0.267. The fourth-order valence-electron chi connectivity index (χ4n) is 3.07. The van der Waals surface area contributed by atoms with Crippen LogP contribution in [0.3, 0.4) is 0 Å². The summed E-state index contributed by atoms with van der Waals surface area (Å²) in [5.41, 5.74) is 8.68. The van der Waals surface area contributed by atoms with Crippen molar-refractivity contribution < 1.29 is 14.3 Å².